The maximum Gasteiger partial charge on any atom is 0.0791 e. The molecule has 0 saturated carbocycles. The molecule has 0 aliphatic carbocycles. The molecule has 180 valence electrons. The fraction of sp³-hybridized carbons (Fsp3) is 0.303. The van der Waals surface area contributed by atoms with Crippen LogP contribution in [0.5, 0.6) is 0 Å². The van der Waals surface area contributed by atoms with Gasteiger partial charge in [-0.25, -0.2) is 4.98 Å². The number of aromatic nitrogens is 2. The minimum Gasteiger partial charge on any atom is -0.339 e. The van der Waals surface area contributed by atoms with Gasteiger partial charge in [0.05, 0.1) is 16.9 Å². The smallest absolute Gasteiger partial charge is 0.0791 e. The molecule has 2 aromatic heterocycles. The zero-order valence-corrected chi connectivity index (χ0v) is 21.1. The second-order valence-electron chi connectivity index (χ2n) is 10.8. The van der Waals surface area contributed by atoms with Crippen molar-refractivity contribution in [2.75, 3.05) is 13.1 Å². The third kappa shape index (κ3) is 3.65. The van der Waals surface area contributed by atoms with Crippen LogP contribution in [-0.4, -0.2) is 27.5 Å². The van der Waals surface area contributed by atoms with Crippen LogP contribution in [0.15, 0.2) is 78.9 Å². The van der Waals surface area contributed by atoms with Gasteiger partial charge >= 0.3 is 0 Å². The molecule has 0 unspecified atom stereocenters. The standard InChI is InChI=1S/C33H33N3/c1-23-17-20-35(21-18-23)22-24-13-15-25(16-14-24)30-31-27-10-5-6-12-29(27)36-19-7-11-28(33(31)36)34-32(30)26-8-3-2-4-9-26/h2-6,8-10,12-16,23H,7,11,17-22H2,1H3. The van der Waals surface area contributed by atoms with E-state index in [-0.39, 0.29) is 0 Å². The Morgan fingerprint density at radius 1 is 0.806 bits per heavy atom. The number of nitrogens with zero attached hydrogens (tertiary/aromatic N) is 3. The molecule has 3 aromatic carbocycles. The highest BCUT2D eigenvalue weighted by Gasteiger charge is 2.25. The van der Waals surface area contributed by atoms with Crippen LogP contribution in [0, 0.1) is 5.92 Å². The Labute approximate surface area is 213 Å². The number of piperidine rings is 1. The number of aryl methyl sites for hydroxylation is 2. The normalized spacial score (nSPS) is 16.7. The highest BCUT2D eigenvalue weighted by atomic mass is 15.1. The molecule has 0 atom stereocenters. The first kappa shape index (κ1) is 21.8. The van der Waals surface area contributed by atoms with Crippen LogP contribution < -0.4 is 0 Å². The number of rotatable bonds is 4. The fourth-order valence-electron chi connectivity index (χ4n) is 6.37. The molecule has 1 fully saturated rings. The summed E-state index contributed by atoms with van der Waals surface area (Å²) < 4.78 is 2.51. The molecule has 7 rings (SSSR count). The summed E-state index contributed by atoms with van der Waals surface area (Å²) >= 11 is 0. The molecular weight excluding hydrogens is 438 g/mol. The average molecular weight is 472 g/mol. The summed E-state index contributed by atoms with van der Waals surface area (Å²) in [6.07, 6.45) is 4.82. The lowest BCUT2D eigenvalue weighted by Gasteiger charge is -2.30. The van der Waals surface area contributed by atoms with E-state index in [1.165, 1.54) is 75.7 Å². The molecule has 4 heterocycles. The Balaban J connectivity index is 1.41. The van der Waals surface area contributed by atoms with Crippen molar-refractivity contribution in [1.29, 1.82) is 0 Å². The van der Waals surface area contributed by atoms with Gasteiger partial charge in [0.15, 0.2) is 0 Å². The maximum absolute atomic E-state index is 5.37. The van der Waals surface area contributed by atoms with Crippen molar-refractivity contribution in [2.24, 2.45) is 5.92 Å². The zero-order chi connectivity index (χ0) is 24.1. The van der Waals surface area contributed by atoms with Gasteiger partial charge in [-0.1, -0.05) is 79.7 Å². The van der Waals surface area contributed by atoms with Crippen molar-refractivity contribution < 1.29 is 0 Å². The first-order chi connectivity index (χ1) is 17.8. The number of hydrogen-bond acceptors (Lipinski definition) is 2. The number of benzene rings is 3. The molecule has 2 aliphatic heterocycles. The largest absolute Gasteiger partial charge is 0.339 e. The van der Waals surface area contributed by atoms with Crippen LogP contribution in [0.25, 0.3) is 44.2 Å². The number of para-hydroxylation sites is 1. The Morgan fingerprint density at radius 2 is 1.56 bits per heavy atom. The van der Waals surface area contributed by atoms with E-state index in [9.17, 15) is 0 Å². The number of pyridine rings is 1. The molecule has 3 nitrogen and oxygen atoms in total. The van der Waals surface area contributed by atoms with Crippen molar-refractivity contribution in [1.82, 2.24) is 14.5 Å². The van der Waals surface area contributed by atoms with Crippen LogP contribution >= 0.6 is 0 Å². The molecule has 3 heteroatoms. The van der Waals surface area contributed by atoms with Crippen LogP contribution in [-0.2, 0) is 19.5 Å². The van der Waals surface area contributed by atoms with E-state index in [4.69, 9.17) is 4.98 Å². The van der Waals surface area contributed by atoms with Crippen molar-refractivity contribution in [3.63, 3.8) is 0 Å². The SMILES string of the molecule is CC1CCN(Cc2ccc(-c3c(-c4ccccc4)nc4c5c3c3ccccc3n5CCC4)cc2)CC1. The molecule has 0 N–H and O–H groups in total. The van der Waals surface area contributed by atoms with E-state index in [2.05, 4.69) is 95.3 Å². The van der Waals surface area contributed by atoms with Gasteiger partial charge in [-0.15, -0.1) is 0 Å². The van der Waals surface area contributed by atoms with Gasteiger partial charge in [-0.2, -0.15) is 0 Å². The van der Waals surface area contributed by atoms with Gasteiger partial charge in [0.25, 0.3) is 0 Å². The molecule has 0 bridgehead atoms. The molecule has 0 spiro atoms. The summed E-state index contributed by atoms with van der Waals surface area (Å²) in [7, 11) is 0. The second-order valence-corrected chi connectivity index (χ2v) is 10.8. The highest BCUT2D eigenvalue weighted by molar-refractivity contribution is 6.18. The zero-order valence-electron chi connectivity index (χ0n) is 21.1. The quantitative estimate of drug-likeness (QED) is 0.268. The summed E-state index contributed by atoms with van der Waals surface area (Å²) in [4.78, 5) is 7.98. The van der Waals surface area contributed by atoms with Gasteiger partial charge in [0, 0.05) is 40.5 Å². The van der Waals surface area contributed by atoms with Crippen molar-refractivity contribution in [2.45, 2.75) is 45.7 Å². The van der Waals surface area contributed by atoms with E-state index >= 15 is 0 Å². The minimum atomic E-state index is 0.867. The molecular formula is C33H33N3. The van der Waals surface area contributed by atoms with Crippen LogP contribution in [0.2, 0.25) is 0 Å². The minimum absolute atomic E-state index is 0.867. The van der Waals surface area contributed by atoms with Gasteiger partial charge in [-0.3, -0.25) is 4.90 Å². The van der Waals surface area contributed by atoms with Gasteiger partial charge < -0.3 is 4.57 Å². The summed E-state index contributed by atoms with van der Waals surface area (Å²) in [5.74, 6) is 0.867. The van der Waals surface area contributed by atoms with Crippen molar-refractivity contribution in [3.8, 4) is 22.4 Å². The first-order valence-electron chi connectivity index (χ1n) is 13.6. The third-order valence-corrected chi connectivity index (χ3v) is 8.35. The molecule has 1 saturated heterocycles. The van der Waals surface area contributed by atoms with Gasteiger partial charge in [0.1, 0.15) is 0 Å². The predicted octanol–water partition coefficient (Wildman–Crippen LogP) is 7.70. The van der Waals surface area contributed by atoms with Gasteiger partial charge in [0.2, 0.25) is 0 Å². The Bertz CT molecular complexity index is 1540. The lowest BCUT2D eigenvalue weighted by molar-refractivity contribution is 0.185. The fourth-order valence-corrected chi connectivity index (χ4v) is 6.37. The highest BCUT2D eigenvalue weighted by Crippen LogP contribution is 2.44. The Hall–Kier alpha value is -3.43. The topological polar surface area (TPSA) is 21.1 Å². The van der Waals surface area contributed by atoms with E-state index in [1.54, 1.807) is 0 Å². The summed E-state index contributed by atoms with van der Waals surface area (Å²) in [6.45, 7) is 6.92. The molecule has 2 aliphatic rings. The molecule has 0 radical (unpaired) electrons. The number of fused-ring (bicyclic) bond motifs is 3. The molecule has 5 aromatic rings. The summed E-state index contributed by atoms with van der Waals surface area (Å²) in [5.41, 5.74) is 10.2. The Morgan fingerprint density at radius 3 is 2.36 bits per heavy atom. The van der Waals surface area contributed by atoms with Crippen molar-refractivity contribution in [3.05, 3.63) is 90.1 Å². The second kappa shape index (κ2) is 8.90. The Kier molecular flexibility index (Phi) is 5.40. The summed E-state index contributed by atoms with van der Waals surface area (Å²) in [6, 6.07) is 29.0. The molecule has 36 heavy (non-hydrogen) atoms. The summed E-state index contributed by atoms with van der Waals surface area (Å²) in [5, 5.41) is 2.71. The number of likely N-dealkylation sites (tertiary alicyclic amines) is 1. The van der Waals surface area contributed by atoms with E-state index in [0.29, 0.717) is 0 Å². The van der Waals surface area contributed by atoms with E-state index in [1.807, 2.05) is 0 Å². The average Bonchev–Trinajstić information content (AvgIpc) is 3.27. The van der Waals surface area contributed by atoms with E-state index in [0.717, 1.165) is 37.5 Å². The third-order valence-electron chi connectivity index (χ3n) is 8.35. The lowest BCUT2D eigenvalue weighted by atomic mass is 9.92. The predicted molar refractivity (Wildman–Crippen MR) is 150 cm³/mol. The monoisotopic (exact) mass is 471 g/mol. The molecule has 0 amide bonds. The lowest BCUT2D eigenvalue weighted by Crippen LogP contribution is -2.32. The van der Waals surface area contributed by atoms with Crippen LogP contribution in [0.1, 0.15) is 37.4 Å². The van der Waals surface area contributed by atoms with Crippen molar-refractivity contribution >= 4 is 21.8 Å². The number of hydrogen-bond donors (Lipinski definition) is 0. The maximum atomic E-state index is 5.37. The van der Waals surface area contributed by atoms with Crippen LogP contribution in [0.3, 0.4) is 0 Å². The first-order valence-corrected chi connectivity index (χ1v) is 13.6. The van der Waals surface area contributed by atoms with E-state index < -0.39 is 0 Å². The van der Waals surface area contributed by atoms with Crippen LogP contribution in [0.4, 0.5) is 0 Å². The van der Waals surface area contributed by atoms with Gasteiger partial charge in [-0.05, 0) is 61.9 Å².